The number of sulfone groups is 3. The van der Waals surface area contributed by atoms with Gasteiger partial charge in [0.15, 0.2) is 29.5 Å². The summed E-state index contributed by atoms with van der Waals surface area (Å²) in [7, 11) is 1.82. The molecule has 0 radical (unpaired) electrons. The zero-order valence-corrected chi connectivity index (χ0v) is 86.4. The van der Waals surface area contributed by atoms with Crippen LogP contribution in [0.3, 0.4) is 0 Å². The van der Waals surface area contributed by atoms with Gasteiger partial charge in [-0.1, -0.05) is 269 Å². The third-order valence-corrected chi connectivity index (χ3v) is 25.2. The van der Waals surface area contributed by atoms with Gasteiger partial charge in [0, 0.05) is 60.7 Å². The van der Waals surface area contributed by atoms with Gasteiger partial charge in [0.2, 0.25) is 11.8 Å². The van der Waals surface area contributed by atoms with Crippen LogP contribution in [0, 0.1) is 41.5 Å². The molecule has 137 heavy (non-hydrogen) atoms. The summed E-state index contributed by atoms with van der Waals surface area (Å²) in [6.45, 7) is 11.3. The monoisotopic (exact) mass is 2050 g/mol. The van der Waals surface area contributed by atoms with Gasteiger partial charge in [-0.3, -0.25) is 52.9 Å². The molecular formula is C100H117BrClN8NaO22S4. The summed E-state index contributed by atoms with van der Waals surface area (Å²) >= 11 is 1.25. The number of aryl methyl sites for hydroxylation is 6. The summed E-state index contributed by atoms with van der Waals surface area (Å²) in [5.74, 6) is 2.46. The molecule has 0 aliphatic rings. The summed E-state index contributed by atoms with van der Waals surface area (Å²) < 4.78 is 95.8. The van der Waals surface area contributed by atoms with Crippen LogP contribution in [0.1, 0.15) is 124 Å². The molecule has 30 nitrogen and oxygen atoms in total. The van der Waals surface area contributed by atoms with Crippen LogP contribution in [-0.2, 0) is 105 Å². The second-order valence-corrected chi connectivity index (χ2v) is 36.2. The van der Waals surface area contributed by atoms with Gasteiger partial charge in [-0.15, -0.1) is 12.4 Å². The van der Waals surface area contributed by atoms with Crippen LogP contribution in [0.5, 0.6) is 0 Å². The first-order valence-corrected chi connectivity index (χ1v) is 47.8. The number of hydrazine groups is 1. The van der Waals surface area contributed by atoms with Gasteiger partial charge in [-0.05, 0) is 175 Å². The molecule has 37 heteroatoms. The molecule has 0 aliphatic carbocycles. The number of carboxylic acids is 1. The van der Waals surface area contributed by atoms with Crippen LogP contribution >= 0.6 is 28.3 Å². The van der Waals surface area contributed by atoms with E-state index in [0.29, 0.717) is 73.0 Å². The number of hydrogen-bond donors (Lipinski definition) is 5. The third-order valence-electron chi connectivity index (χ3n) is 18.9. The number of carbonyl (C=O) groups excluding carboxylic acids is 6. The predicted octanol–water partition coefficient (Wildman–Crippen LogP) is 11.6. The third kappa shape index (κ3) is 45.4. The van der Waals surface area contributed by atoms with Crippen LogP contribution in [0.15, 0.2) is 328 Å². The number of alkyl halides is 1. The largest absolute Gasteiger partial charge is 1.00 e. The van der Waals surface area contributed by atoms with Crippen molar-refractivity contribution in [1.29, 1.82) is 0 Å². The minimum absolute atomic E-state index is 0. The van der Waals surface area contributed by atoms with Crippen molar-refractivity contribution in [3.63, 3.8) is 0 Å². The second-order valence-electron chi connectivity index (χ2n) is 28.7. The van der Waals surface area contributed by atoms with Crippen LogP contribution in [-0.4, -0.2) is 170 Å². The number of carboxylic acid groups (broad SMARTS) is 1. The molecular weight excluding hydrogens is 1930 g/mol. The molecule has 1 atom stereocenters. The SMILES string of the molecule is CNOC.CON(C)C(=O)c1ccccc1C.CON(C)C(=O)c1ccccc1CBr.CON(C)C(=O)c1ccccc1CS(=O)(=O)c1ccc(C)cc1.Cc1ccc(S(=O)(=O)Cc2ccccc2/C=N/NC(=O)Cc2ccccc2)cc1.Cc1ccc(S(=O)(=O)Cc2ccccc2C=O)cc1.Cc1ccc(S(=O)[O-])cc1.Cc1ccccc1C(=O)O.Cl.NNC(=O)Cc1ccccc1.O.O.[Na+]. The number of hydroxylamine groups is 7. The Morgan fingerprint density at radius 3 is 1.06 bits per heavy atom. The number of amides is 5. The van der Waals surface area contributed by atoms with Crippen molar-refractivity contribution in [2.75, 3.05) is 56.6 Å². The first kappa shape index (κ1) is 125. The first-order valence-electron chi connectivity index (χ1n) is 40.6. The molecule has 0 spiro atoms. The van der Waals surface area contributed by atoms with Crippen LogP contribution < -0.4 is 51.7 Å². The number of aromatic carboxylic acids is 1. The summed E-state index contributed by atoms with van der Waals surface area (Å²) in [5, 5.41) is 16.7. The van der Waals surface area contributed by atoms with Crippen LogP contribution in [0.4, 0.5) is 0 Å². The molecule has 12 rings (SSSR count). The summed E-state index contributed by atoms with van der Waals surface area (Å²) in [6.07, 6.45) is 2.72. The summed E-state index contributed by atoms with van der Waals surface area (Å²) in [6, 6.07) is 87.9. The van der Waals surface area contributed by atoms with Crippen molar-refractivity contribution < 1.29 is 133 Å². The number of rotatable bonds is 26. The van der Waals surface area contributed by atoms with E-state index < -0.39 is 46.6 Å². The van der Waals surface area contributed by atoms with E-state index in [2.05, 4.69) is 42.2 Å². The molecule has 10 N–H and O–H groups in total. The van der Waals surface area contributed by atoms with Crippen molar-refractivity contribution >= 4 is 117 Å². The van der Waals surface area contributed by atoms with Gasteiger partial charge in [0.25, 0.3) is 17.7 Å². The van der Waals surface area contributed by atoms with Gasteiger partial charge in [0.1, 0.15) is 6.29 Å². The summed E-state index contributed by atoms with van der Waals surface area (Å²) in [5.41, 5.74) is 20.3. The molecule has 0 aliphatic heterocycles. The van der Waals surface area contributed by atoms with E-state index >= 15 is 0 Å². The molecule has 1 unspecified atom stereocenters. The average molecular weight is 2050 g/mol. The average Bonchev–Trinajstić information content (AvgIpc) is 0.799. The molecule has 0 fully saturated rings. The zero-order chi connectivity index (χ0) is 98.6. The first-order chi connectivity index (χ1) is 63.3. The summed E-state index contributed by atoms with van der Waals surface area (Å²) in [4.78, 5) is 99.6. The maximum absolute atomic E-state index is 12.7. The smallest absolute Gasteiger partial charge is 0.768 e. The minimum atomic E-state index is -3.53. The number of nitrogens with one attached hydrogen (secondary N) is 3. The Kier molecular flexibility index (Phi) is 60.9. The number of benzene rings is 12. The maximum Gasteiger partial charge on any atom is 1.00 e. The Bertz CT molecular complexity index is 6130. The van der Waals surface area contributed by atoms with Crippen molar-refractivity contribution in [3.8, 4) is 0 Å². The van der Waals surface area contributed by atoms with Crippen LogP contribution in [0.25, 0.3) is 0 Å². The molecule has 728 valence electrons. The van der Waals surface area contributed by atoms with Gasteiger partial charge in [-0.25, -0.2) is 62.0 Å². The topological polar surface area (TPSA) is 466 Å². The molecule has 12 aromatic carbocycles. The molecule has 5 amide bonds. The van der Waals surface area contributed by atoms with E-state index in [1.807, 2.05) is 138 Å². The van der Waals surface area contributed by atoms with Gasteiger partial charge in [-0.2, -0.15) is 5.10 Å². The number of carbonyl (C=O) groups is 7. The van der Waals surface area contributed by atoms with Gasteiger partial charge in [0.05, 0.1) is 85.0 Å². The molecule has 12 aromatic rings. The molecule has 0 saturated heterocycles. The fourth-order valence-corrected chi connectivity index (χ4v) is 16.2. The van der Waals surface area contributed by atoms with Crippen molar-refractivity contribution in [1.82, 2.24) is 31.5 Å². The van der Waals surface area contributed by atoms with Crippen molar-refractivity contribution in [3.05, 3.63) is 403 Å². The standard InChI is InChI=1S/C23H22N2O3S.C17H19NO4S.C15H14O3S.C10H12BrNO2.C10H13NO2.C8H10N2O.C8H8O2.C7H8O2S.C2H7NO.ClH.Na.2H2O/c1-18-11-13-22(14-12-18)29(27,28)17-21-10-6-5-9-20(21)16-24-25-23(26)15-19-7-3-2-4-8-19;1-13-8-10-15(11-9-13)23(20,21)12-14-6-4-5-7-16(14)17(19)18(2)22-3;1-12-6-8-15(9-7-12)19(17,18)11-14-5-3-2-4-13(14)10-16;1-12(14-2)10(13)9-6-4-3-5-8(9)7-11;1-8-6-4-5-7-9(8)10(12)11(2)13-3;9-10-8(11)6-7-4-2-1-3-5-7;1-6-4-2-3-5-7(6)8(9)10;1-6-2-4-7(5-3-6)10(8)9;1-3-4-2;;;;/h2-14,16H,15,17H2,1H3,(H,25,26);4-11H,12H2,1-3H3;2-10H,11H2,1H3;3-6H,7H2,1-2H3;4-7H,1-3H3;1-5H,6,9H2,(H,10,11);2-5H,1H3,(H,9,10);2-5H,1H3,(H,8,9);3H,1-2H3;1H;;2*1H2/q;;;;;;;;;;+1;;/p-1/b24-16+;;;;;;;;;;;;. The number of aldehydes is 1. The molecule has 0 heterocycles. The Labute approximate surface area is 841 Å². The van der Waals surface area contributed by atoms with Crippen molar-refractivity contribution in [2.45, 2.75) is 96.6 Å². The van der Waals surface area contributed by atoms with E-state index in [-0.39, 0.29) is 121 Å². The van der Waals surface area contributed by atoms with Gasteiger partial charge < -0.3 is 25.4 Å². The van der Waals surface area contributed by atoms with E-state index in [1.54, 1.807) is 235 Å². The second kappa shape index (κ2) is 66.6. The van der Waals surface area contributed by atoms with E-state index in [4.69, 9.17) is 25.5 Å². The molecule has 0 saturated carbocycles. The van der Waals surface area contributed by atoms with E-state index in [0.717, 1.165) is 55.1 Å². The molecule has 0 bridgehead atoms. The molecule has 0 aromatic heterocycles. The zero-order valence-electron chi connectivity index (χ0n) is 78.8. The predicted molar refractivity (Wildman–Crippen MR) is 534 cm³/mol. The maximum atomic E-state index is 12.7. The fraction of sp³-hybridized carbons (Fsp3) is 0.200. The minimum Gasteiger partial charge on any atom is -0.768 e. The number of halogens is 2. The van der Waals surface area contributed by atoms with E-state index in [1.165, 1.54) is 44.7 Å². The normalized spacial score (nSPS) is 10.4. The number of nitrogens with two attached hydrogens (primary N) is 1. The van der Waals surface area contributed by atoms with Crippen LogP contribution in [0.2, 0.25) is 0 Å². The van der Waals surface area contributed by atoms with E-state index in [9.17, 15) is 67.6 Å². The van der Waals surface area contributed by atoms with Crippen molar-refractivity contribution in [2.24, 2.45) is 10.9 Å². The Balaban J connectivity index is 0.00000157. The van der Waals surface area contributed by atoms with Gasteiger partial charge >= 0.3 is 35.5 Å². The quantitative estimate of drug-likeness (QED) is 0.00491. The number of nitrogens with zero attached hydrogens (tertiary/aromatic N) is 4. The fourth-order valence-electron chi connectivity index (χ4n) is 11.2. The number of hydrazone groups is 1. The Hall–Kier alpha value is -11.8. The number of hydrogen-bond acceptors (Lipinski definition) is 22. The Morgan fingerprint density at radius 1 is 0.431 bits per heavy atom. The Morgan fingerprint density at radius 2 is 0.723 bits per heavy atom.